The quantitative estimate of drug-likeness (QED) is 0.412. The Hall–Kier alpha value is -1.43. The normalized spacial score (nSPS) is 33.1. The Morgan fingerprint density at radius 3 is 2.52 bits per heavy atom. The third kappa shape index (κ3) is 4.05. The highest BCUT2D eigenvalue weighted by atomic mass is 31.2. The Morgan fingerprint density at radius 1 is 1.23 bits per heavy atom. The summed E-state index contributed by atoms with van der Waals surface area (Å²) in [6.07, 6.45) is -0.797. The van der Waals surface area contributed by atoms with Gasteiger partial charge >= 0.3 is 15.2 Å². The number of fused-ring (bicyclic) bond motifs is 1. The molecule has 1 saturated heterocycles. The average molecular weight is 477 g/mol. The number of methoxy groups -OCH3 is 1. The van der Waals surface area contributed by atoms with E-state index in [-0.39, 0.29) is 12.2 Å². The molecule has 3 unspecified atom stereocenters. The summed E-state index contributed by atoms with van der Waals surface area (Å²) in [6, 6.07) is 0. The summed E-state index contributed by atoms with van der Waals surface area (Å²) in [7, 11) is -7.01. The van der Waals surface area contributed by atoms with Crippen molar-refractivity contribution < 1.29 is 37.8 Å². The third-order valence-corrected chi connectivity index (χ3v) is 9.05. The van der Waals surface area contributed by atoms with Gasteiger partial charge in [-0.15, -0.1) is 0 Å². The van der Waals surface area contributed by atoms with Crippen molar-refractivity contribution in [2.45, 2.75) is 56.1 Å². The van der Waals surface area contributed by atoms with Crippen LogP contribution in [0.3, 0.4) is 0 Å². The lowest BCUT2D eigenvalue weighted by atomic mass is 10.1. The molecular formula is C16H25N5O8P2. The maximum atomic E-state index is 12.7. The molecule has 13 nitrogen and oxygen atoms in total. The molecule has 2 aliphatic rings. The van der Waals surface area contributed by atoms with Gasteiger partial charge < -0.3 is 29.9 Å². The number of imidazole rings is 1. The molecule has 15 heteroatoms. The Labute approximate surface area is 177 Å². The molecule has 0 bridgehead atoms. The topological polar surface area (TPSA) is 192 Å². The second kappa shape index (κ2) is 7.86. The van der Waals surface area contributed by atoms with E-state index in [0.717, 1.165) is 0 Å². The van der Waals surface area contributed by atoms with Crippen LogP contribution in [0.2, 0.25) is 0 Å². The molecule has 5 N–H and O–H groups in total. The standard InChI is InChI=1S/C16H25N5O8P2/c1-7(2)31(25,26)29-12-11(8-4-9(8)30(22,23)24)28-16(13(12)27-3)21-6-20-10-14(17)18-5-19-15(10)21/h5-9,11-13,16H,4H2,1-3H3,(H,25,26)(H2,17,18,19)(H2,22,23,24)/t8?,9?,11-,12+,13+,16-/m1/s1. The number of ether oxygens (including phenoxy) is 2. The average Bonchev–Trinajstić information content (AvgIpc) is 3.25. The largest absolute Gasteiger partial charge is 0.382 e. The van der Waals surface area contributed by atoms with Gasteiger partial charge in [0.1, 0.15) is 24.1 Å². The first kappa shape index (κ1) is 22.8. The number of nitrogen functional groups attached to an aromatic ring is 1. The second-order valence-electron chi connectivity index (χ2n) is 8.06. The highest BCUT2D eigenvalue weighted by molar-refractivity contribution is 7.53. The van der Waals surface area contributed by atoms with Crippen LogP contribution in [-0.4, -0.2) is 70.9 Å². The smallest absolute Gasteiger partial charge is 0.331 e. The van der Waals surface area contributed by atoms with Gasteiger partial charge in [-0.3, -0.25) is 18.2 Å². The first-order chi connectivity index (χ1) is 14.5. The molecule has 2 fully saturated rings. The lowest BCUT2D eigenvalue weighted by Gasteiger charge is -2.27. The summed E-state index contributed by atoms with van der Waals surface area (Å²) < 4.78 is 43.3. The highest BCUT2D eigenvalue weighted by Gasteiger charge is 2.62. The first-order valence-corrected chi connectivity index (χ1v) is 13.0. The van der Waals surface area contributed by atoms with Gasteiger partial charge in [-0.2, -0.15) is 0 Å². The van der Waals surface area contributed by atoms with E-state index in [9.17, 15) is 23.8 Å². The SMILES string of the molecule is CO[C@H]1[C@@H](OP(=O)(O)C(C)C)[C@@H](C2CC2P(=O)(O)O)O[C@H]1n1cnc2c(N)ncnc21. The van der Waals surface area contributed by atoms with Gasteiger partial charge in [-0.1, -0.05) is 13.8 Å². The van der Waals surface area contributed by atoms with Gasteiger partial charge in [-0.05, 0) is 6.42 Å². The van der Waals surface area contributed by atoms with Gasteiger partial charge in [0.25, 0.3) is 0 Å². The van der Waals surface area contributed by atoms with E-state index in [4.69, 9.17) is 19.7 Å². The summed E-state index contributed by atoms with van der Waals surface area (Å²) in [4.78, 5) is 41.8. The van der Waals surface area contributed by atoms with E-state index in [1.807, 2.05) is 0 Å². The molecule has 0 spiro atoms. The zero-order valence-corrected chi connectivity index (χ0v) is 18.8. The van der Waals surface area contributed by atoms with Crippen molar-refractivity contribution in [2.24, 2.45) is 5.92 Å². The Morgan fingerprint density at radius 2 is 1.94 bits per heavy atom. The molecule has 1 aliphatic heterocycles. The molecule has 0 amide bonds. The predicted molar refractivity (Wildman–Crippen MR) is 108 cm³/mol. The maximum absolute atomic E-state index is 12.7. The molecule has 1 saturated carbocycles. The fourth-order valence-corrected chi connectivity index (χ4v) is 5.92. The van der Waals surface area contributed by atoms with E-state index in [1.165, 1.54) is 19.8 Å². The Kier molecular flexibility index (Phi) is 5.77. The molecule has 3 heterocycles. The minimum Gasteiger partial charge on any atom is -0.382 e. The van der Waals surface area contributed by atoms with E-state index < -0.39 is 57.0 Å². The lowest BCUT2D eigenvalue weighted by Crippen LogP contribution is -2.37. The number of nitrogens with two attached hydrogens (primary N) is 1. The van der Waals surface area contributed by atoms with Crippen LogP contribution >= 0.6 is 15.2 Å². The van der Waals surface area contributed by atoms with Crippen LogP contribution in [0, 0.1) is 5.92 Å². The number of hydrogen-bond donors (Lipinski definition) is 4. The van der Waals surface area contributed by atoms with Crippen molar-refractivity contribution in [3.05, 3.63) is 12.7 Å². The lowest BCUT2D eigenvalue weighted by molar-refractivity contribution is -0.0525. The van der Waals surface area contributed by atoms with Crippen LogP contribution in [0.25, 0.3) is 11.2 Å². The van der Waals surface area contributed by atoms with Gasteiger partial charge in [-0.25, -0.2) is 15.0 Å². The molecular weight excluding hydrogens is 452 g/mol. The summed E-state index contributed by atoms with van der Waals surface area (Å²) in [5.74, 6) is -0.390. The molecule has 7 atom stereocenters. The fraction of sp³-hybridized carbons (Fsp3) is 0.688. The summed E-state index contributed by atoms with van der Waals surface area (Å²) in [5, 5.41) is 0. The molecule has 31 heavy (non-hydrogen) atoms. The second-order valence-corrected chi connectivity index (χ2v) is 12.3. The molecule has 1 aliphatic carbocycles. The van der Waals surface area contributed by atoms with E-state index in [0.29, 0.717) is 11.2 Å². The van der Waals surface area contributed by atoms with Crippen molar-refractivity contribution in [3.8, 4) is 0 Å². The Balaban J connectivity index is 1.73. The van der Waals surface area contributed by atoms with Crippen molar-refractivity contribution >= 4 is 32.2 Å². The number of rotatable bonds is 7. The molecule has 2 aromatic heterocycles. The Bertz CT molecular complexity index is 1070. The van der Waals surface area contributed by atoms with Crippen LogP contribution < -0.4 is 5.73 Å². The maximum Gasteiger partial charge on any atom is 0.331 e. The molecule has 0 aromatic carbocycles. The zero-order chi connectivity index (χ0) is 22.7. The fourth-order valence-electron chi connectivity index (χ4n) is 3.90. The molecule has 0 radical (unpaired) electrons. The van der Waals surface area contributed by atoms with E-state index in [1.54, 1.807) is 18.4 Å². The van der Waals surface area contributed by atoms with Crippen molar-refractivity contribution in [1.82, 2.24) is 19.5 Å². The van der Waals surface area contributed by atoms with Crippen molar-refractivity contribution in [1.29, 1.82) is 0 Å². The van der Waals surface area contributed by atoms with Gasteiger partial charge in [0.05, 0.1) is 23.7 Å². The molecule has 2 aromatic rings. The first-order valence-electron chi connectivity index (χ1n) is 9.63. The van der Waals surface area contributed by atoms with Gasteiger partial charge in [0.2, 0.25) is 0 Å². The minimum absolute atomic E-state index is 0.170. The van der Waals surface area contributed by atoms with Crippen LogP contribution in [0.5, 0.6) is 0 Å². The molecule has 4 rings (SSSR count). The minimum atomic E-state index is -4.35. The van der Waals surface area contributed by atoms with E-state index >= 15 is 0 Å². The highest BCUT2D eigenvalue weighted by Crippen LogP contribution is 2.63. The van der Waals surface area contributed by atoms with Gasteiger partial charge in [0.15, 0.2) is 17.7 Å². The number of hydrogen-bond acceptors (Lipinski definition) is 9. The zero-order valence-electron chi connectivity index (χ0n) is 17.0. The van der Waals surface area contributed by atoms with Gasteiger partial charge in [0, 0.05) is 13.0 Å². The van der Waals surface area contributed by atoms with Crippen molar-refractivity contribution in [2.75, 3.05) is 12.8 Å². The van der Waals surface area contributed by atoms with E-state index in [2.05, 4.69) is 15.0 Å². The number of anilines is 1. The monoisotopic (exact) mass is 477 g/mol. The summed E-state index contributed by atoms with van der Waals surface area (Å²) in [6.45, 7) is 3.09. The summed E-state index contributed by atoms with van der Waals surface area (Å²) in [5.41, 5.74) is 4.95. The van der Waals surface area contributed by atoms with Crippen LogP contribution in [0.4, 0.5) is 5.82 Å². The molecule has 172 valence electrons. The van der Waals surface area contributed by atoms with Crippen LogP contribution in [-0.2, 0) is 23.1 Å². The summed E-state index contributed by atoms with van der Waals surface area (Å²) >= 11 is 0. The van der Waals surface area contributed by atoms with Crippen LogP contribution in [0.15, 0.2) is 12.7 Å². The van der Waals surface area contributed by atoms with Crippen LogP contribution in [0.1, 0.15) is 26.5 Å². The number of nitrogens with zero attached hydrogens (tertiary/aromatic N) is 4. The number of aromatic nitrogens is 4. The predicted octanol–water partition coefficient (Wildman–Crippen LogP) is 0.866. The van der Waals surface area contributed by atoms with Crippen molar-refractivity contribution in [3.63, 3.8) is 0 Å². The third-order valence-electron chi connectivity index (χ3n) is 5.74.